The summed E-state index contributed by atoms with van der Waals surface area (Å²) in [5.41, 5.74) is 1.95. The third kappa shape index (κ3) is 2.93. The number of carbonyl (C=O) groups is 1. The first-order chi connectivity index (χ1) is 10.7. The minimum absolute atomic E-state index is 0.0421. The summed E-state index contributed by atoms with van der Waals surface area (Å²) in [6.45, 7) is 3.54. The first kappa shape index (κ1) is 14.5. The zero-order valence-electron chi connectivity index (χ0n) is 12.9. The van der Waals surface area contributed by atoms with Crippen molar-refractivity contribution in [3.8, 4) is 11.4 Å². The number of benzene rings is 1. The topological polar surface area (TPSA) is 58.1 Å². The number of aromatic nitrogens is 2. The second-order valence-corrected chi connectivity index (χ2v) is 5.60. The lowest BCUT2D eigenvalue weighted by Crippen LogP contribution is -2.30. The molecular formula is C17H20N4O. The van der Waals surface area contributed by atoms with Crippen LogP contribution in [0.1, 0.15) is 12.1 Å². The summed E-state index contributed by atoms with van der Waals surface area (Å²) in [5.74, 6) is 1.79. The van der Waals surface area contributed by atoms with Crippen molar-refractivity contribution >= 4 is 11.7 Å². The maximum absolute atomic E-state index is 11.8. The van der Waals surface area contributed by atoms with Crippen LogP contribution in [0.25, 0.3) is 11.4 Å². The van der Waals surface area contributed by atoms with Gasteiger partial charge in [0.05, 0.1) is 5.92 Å². The molecule has 1 saturated heterocycles. The second-order valence-electron chi connectivity index (χ2n) is 5.60. The third-order valence-electron chi connectivity index (χ3n) is 4.00. The van der Waals surface area contributed by atoms with Crippen molar-refractivity contribution in [2.75, 3.05) is 25.0 Å². The number of hydrogen-bond donors (Lipinski definition) is 1. The molecule has 1 atom stereocenters. The van der Waals surface area contributed by atoms with Crippen LogP contribution in [-0.4, -0.2) is 36.0 Å². The van der Waals surface area contributed by atoms with Gasteiger partial charge in [-0.1, -0.05) is 30.3 Å². The molecule has 5 heteroatoms. The van der Waals surface area contributed by atoms with Crippen LogP contribution in [-0.2, 0) is 4.79 Å². The fourth-order valence-corrected chi connectivity index (χ4v) is 2.82. The van der Waals surface area contributed by atoms with Crippen molar-refractivity contribution in [1.82, 2.24) is 15.3 Å². The van der Waals surface area contributed by atoms with Gasteiger partial charge in [-0.15, -0.1) is 0 Å². The lowest BCUT2D eigenvalue weighted by molar-refractivity contribution is -0.123. The van der Waals surface area contributed by atoms with E-state index in [0.717, 1.165) is 35.9 Å². The number of nitrogens with one attached hydrogen (secondary N) is 1. The van der Waals surface area contributed by atoms with Gasteiger partial charge in [-0.25, -0.2) is 9.97 Å². The molecule has 0 saturated carbocycles. The predicted octanol–water partition coefficient (Wildman–Crippen LogP) is 2.02. The maximum Gasteiger partial charge on any atom is 0.224 e. The predicted molar refractivity (Wildman–Crippen MR) is 86.6 cm³/mol. The van der Waals surface area contributed by atoms with E-state index in [1.165, 1.54) is 0 Å². The molecule has 1 aromatic carbocycles. The number of carbonyl (C=O) groups excluding carboxylic acids is 1. The normalized spacial score (nSPS) is 17.5. The Labute approximate surface area is 130 Å². The lowest BCUT2D eigenvalue weighted by atomic mass is 10.1. The Balaban J connectivity index is 1.86. The van der Waals surface area contributed by atoms with Gasteiger partial charge in [0.2, 0.25) is 5.91 Å². The number of nitrogens with zero attached hydrogens (tertiary/aromatic N) is 3. The molecule has 0 unspecified atom stereocenters. The smallest absolute Gasteiger partial charge is 0.224 e. The number of aryl methyl sites for hydroxylation is 1. The molecule has 2 aromatic rings. The van der Waals surface area contributed by atoms with Crippen LogP contribution >= 0.6 is 0 Å². The van der Waals surface area contributed by atoms with Crippen LogP contribution in [0.3, 0.4) is 0 Å². The fourth-order valence-electron chi connectivity index (χ4n) is 2.82. The Hall–Kier alpha value is -2.43. The van der Waals surface area contributed by atoms with Gasteiger partial charge in [0.1, 0.15) is 5.82 Å². The molecule has 22 heavy (non-hydrogen) atoms. The monoisotopic (exact) mass is 296 g/mol. The van der Waals surface area contributed by atoms with Gasteiger partial charge in [-0.05, 0) is 13.3 Å². The lowest BCUT2D eigenvalue weighted by Gasteiger charge is -2.18. The van der Waals surface area contributed by atoms with E-state index in [-0.39, 0.29) is 11.8 Å². The summed E-state index contributed by atoms with van der Waals surface area (Å²) < 4.78 is 0. The van der Waals surface area contributed by atoms with Gasteiger partial charge < -0.3 is 10.2 Å². The van der Waals surface area contributed by atoms with Crippen LogP contribution in [0.5, 0.6) is 0 Å². The highest BCUT2D eigenvalue weighted by Crippen LogP contribution is 2.25. The second kappa shape index (κ2) is 6.13. The van der Waals surface area contributed by atoms with Crippen molar-refractivity contribution in [1.29, 1.82) is 0 Å². The zero-order valence-corrected chi connectivity index (χ0v) is 12.9. The molecule has 1 fully saturated rings. The Kier molecular flexibility index (Phi) is 4.04. The van der Waals surface area contributed by atoms with E-state index < -0.39 is 0 Å². The van der Waals surface area contributed by atoms with Crippen molar-refractivity contribution < 1.29 is 4.79 Å². The van der Waals surface area contributed by atoms with Crippen molar-refractivity contribution in [2.24, 2.45) is 5.92 Å². The Morgan fingerprint density at radius 2 is 2.05 bits per heavy atom. The van der Waals surface area contributed by atoms with Crippen LogP contribution in [0.4, 0.5) is 5.82 Å². The molecule has 1 aliphatic rings. The van der Waals surface area contributed by atoms with E-state index in [1.54, 1.807) is 7.05 Å². The maximum atomic E-state index is 11.8. The first-order valence-corrected chi connectivity index (χ1v) is 7.55. The highest BCUT2D eigenvalue weighted by molar-refractivity contribution is 5.79. The zero-order chi connectivity index (χ0) is 15.5. The molecule has 5 nitrogen and oxygen atoms in total. The Morgan fingerprint density at radius 1 is 1.27 bits per heavy atom. The summed E-state index contributed by atoms with van der Waals surface area (Å²) in [6.07, 6.45) is 0.864. The van der Waals surface area contributed by atoms with Crippen LogP contribution < -0.4 is 10.2 Å². The molecule has 1 aromatic heterocycles. The molecule has 0 bridgehead atoms. The van der Waals surface area contributed by atoms with Gasteiger partial charge in [0.15, 0.2) is 5.82 Å². The first-order valence-electron chi connectivity index (χ1n) is 7.55. The molecular weight excluding hydrogens is 276 g/mol. The summed E-state index contributed by atoms with van der Waals surface area (Å²) >= 11 is 0. The summed E-state index contributed by atoms with van der Waals surface area (Å²) in [6, 6.07) is 12.0. The van der Waals surface area contributed by atoms with Gasteiger partial charge in [0.25, 0.3) is 0 Å². The molecule has 3 rings (SSSR count). The number of hydrogen-bond acceptors (Lipinski definition) is 4. The van der Waals surface area contributed by atoms with E-state index >= 15 is 0 Å². The summed E-state index contributed by atoms with van der Waals surface area (Å²) in [7, 11) is 1.69. The van der Waals surface area contributed by atoms with Gasteiger partial charge in [-0.3, -0.25) is 4.79 Å². The van der Waals surface area contributed by atoms with Crippen molar-refractivity contribution in [3.63, 3.8) is 0 Å². The Morgan fingerprint density at radius 3 is 2.77 bits per heavy atom. The number of rotatable bonds is 3. The molecule has 1 N–H and O–H groups in total. The van der Waals surface area contributed by atoms with E-state index in [0.29, 0.717) is 6.54 Å². The van der Waals surface area contributed by atoms with E-state index in [1.807, 2.05) is 43.3 Å². The highest BCUT2D eigenvalue weighted by Gasteiger charge is 2.28. The molecule has 0 radical (unpaired) electrons. The SMILES string of the molecule is CNC(=O)[C@H]1CCN(c2cc(C)nc(-c3ccccc3)n2)C1. The van der Waals surface area contributed by atoms with E-state index in [9.17, 15) is 4.79 Å². The number of amides is 1. The minimum atomic E-state index is 0.0421. The van der Waals surface area contributed by atoms with Gasteiger partial charge in [0, 0.05) is 37.5 Å². The number of anilines is 1. The standard InChI is InChI=1S/C17H20N4O/c1-12-10-15(21-9-8-14(11-21)17(22)18-2)20-16(19-12)13-6-4-3-5-7-13/h3-7,10,14H,8-9,11H2,1-2H3,(H,18,22)/t14-/m0/s1. The quantitative estimate of drug-likeness (QED) is 0.941. The van der Waals surface area contributed by atoms with Crippen LogP contribution in [0.2, 0.25) is 0 Å². The molecule has 1 amide bonds. The average Bonchev–Trinajstić information content (AvgIpc) is 3.04. The summed E-state index contributed by atoms with van der Waals surface area (Å²) in [5, 5.41) is 2.73. The third-order valence-corrected chi connectivity index (χ3v) is 4.00. The van der Waals surface area contributed by atoms with E-state index in [2.05, 4.69) is 20.2 Å². The minimum Gasteiger partial charge on any atom is -0.359 e. The average molecular weight is 296 g/mol. The van der Waals surface area contributed by atoms with E-state index in [4.69, 9.17) is 0 Å². The molecule has 114 valence electrons. The summed E-state index contributed by atoms with van der Waals surface area (Å²) in [4.78, 5) is 23.2. The van der Waals surface area contributed by atoms with Crippen LogP contribution in [0, 0.1) is 12.8 Å². The molecule has 1 aliphatic heterocycles. The highest BCUT2D eigenvalue weighted by atomic mass is 16.1. The van der Waals surface area contributed by atoms with Gasteiger partial charge in [-0.2, -0.15) is 0 Å². The molecule has 2 heterocycles. The van der Waals surface area contributed by atoms with Crippen molar-refractivity contribution in [2.45, 2.75) is 13.3 Å². The van der Waals surface area contributed by atoms with Gasteiger partial charge >= 0.3 is 0 Å². The van der Waals surface area contributed by atoms with Crippen molar-refractivity contribution in [3.05, 3.63) is 42.1 Å². The fraction of sp³-hybridized carbons (Fsp3) is 0.353. The largest absolute Gasteiger partial charge is 0.359 e. The molecule has 0 spiro atoms. The van der Waals surface area contributed by atoms with Crippen LogP contribution in [0.15, 0.2) is 36.4 Å². The molecule has 0 aliphatic carbocycles. The Bertz CT molecular complexity index is 672.